The minimum Gasteiger partial charge on any atom is -0.393 e. The molecular weight excluding hydrogens is 319 g/mol. The van der Waals surface area contributed by atoms with Crippen molar-refractivity contribution in [3.8, 4) is 0 Å². The second-order valence-corrected chi connectivity index (χ2v) is 5.93. The summed E-state index contributed by atoms with van der Waals surface area (Å²) in [5.41, 5.74) is -0.942. The molecule has 5 nitrogen and oxygen atoms in total. The minimum absolute atomic E-state index is 0.229. The summed E-state index contributed by atoms with van der Waals surface area (Å²) >= 11 is 0.877. The van der Waals surface area contributed by atoms with Crippen molar-refractivity contribution in [2.24, 2.45) is 0 Å². The molecule has 1 aromatic heterocycles. The van der Waals surface area contributed by atoms with Crippen molar-refractivity contribution in [3.63, 3.8) is 0 Å². The van der Waals surface area contributed by atoms with Gasteiger partial charge in [-0.3, -0.25) is 0 Å². The zero-order valence-electron chi connectivity index (χ0n) is 12.6. The summed E-state index contributed by atoms with van der Waals surface area (Å²) in [6.07, 6.45) is -4.15. The van der Waals surface area contributed by atoms with E-state index in [9.17, 15) is 23.1 Å². The van der Waals surface area contributed by atoms with Crippen molar-refractivity contribution < 1.29 is 23.1 Å². The van der Waals surface area contributed by atoms with Gasteiger partial charge in [0.2, 0.25) is 0 Å². The molecule has 0 saturated heterocycles. The number of nitrogens with one attached hydrogen (secondary N) is 1. The number of amides is 2. The van der Waals surface area contributed by atoms with E-state index in [1.165, 1.54) is 4.90 Å². The van der Waals surface area contributed by atoms with E-state index in [1.54, 1.807) is 20.9 Å². The van der Waals surface area contributed by atoms with Crippen LogP contribution in [0.4, 0.5) is 18.0 Å². The van der Waals surface area contributed by atoms with Crippen LogP contribution in [0.15, 0.2) is 5.38 Å². The Morgan fingerprint density at radius 2 is 2.18 bits per heavy atom. The van der Waals surface area contributed by atoms with Gasteiger partial charge in [-0.25, -0.2) is 9.78 Å². The van der Waals surface area contributed by atoms with Crippen molar-refractivity contribution in [1.29, 1.82) is 0 Å². The monoisotopic (exact) mass is 339 g/mol. The normalized spacial score (nSPS) is 14.5. The number of rotatable bonds is 6. The molecule has 9 heteroatoms. The maximum Gasteiger partial charge on any atom is 0.434 e. The van der Waals surface area contributed by atoms with E-state index < -0.39 is 30.0 Å². The summed E-state index contributed by atoms with van der Waals surface area (Å²) in [7, 11) is 1.56. The van der Waals surface area contributed by atoms with Gasteiger partial charge in [0, 0.05) is 19.0 Å². The Morgan fingerprint density at radius 3 is 2.64 bits per heavy atom. The molecule has 0 aliphatic heterocycles. The SMILES string of the molecule is CCC(NC(=O)N(C)CCC(C)O)c1nc(C(F)(F)F)cs1. The van der Waals surface area contributed by atoms with Gasteiger partial charge >= 0.3 is 12.2 Å². The van der Waals surface area contributed by atoms with E-state index in [-0.39, 0.29) is 5.01 Å². The summed E-state index contributed by atoms with van der Waals surface area (Å²) < 4.78 is 37.7. The van der Waals surface area contributed by atoms with Crippen LogP contribution in [-0.4, -0.2) is 40.7 Å². The van der Waals surface area contributed by atoms with Gasteiger partial charge in [-0.2, -0.15) is 13.2 Å². The first-order chi connectivity index (χ1) is 10.1. The second kappa shape index (κ2) is 7.77. The van der Waals surface area contributed by atoms with Crippen LogP contribution < -0.4 is 5.32 Å². The van der Waals surface area contributed by atoms with Crippen molar-refractivity contribution in [2.45, 2.75) is 45.0 Å². The van der Waals surface area contributed by atoms with Crippen LogP contribution in [0.5, 0.6) is 0 Å². The summed E-state index contributed by atoms with van der Waals surface area (Å²) in [6, 6.07) is -0.973. The first kappa shape index (κ1) is 18.7. The third kappa shape index (κ3) is 5.45. The molecule has 0 saturated carbocycles. The van der Waals surface area contributed by atoms with Gasteiger partial charge in [0.1, 0.15) is 5.01 Å². The van der Waals surface area contributed by atoms with Gasteiger partial charge in [-0.1, -0.05) is 6.92 Å². The highest BCUT2D eigenvalue weighted by molar-refractivity contribution is 7.09. The van der Waals surface area contributed by atoms with Crippen LogP contribution in [0, 0.1) is 0 Å². The van der Waals surface area contributed by atoms with Gasteiger partial charge in [-0.15, -0.1) is 11.3 Å². The number of carbonyl (C=O) groups excluding carboxylic acids is 1. The molecule has 0 fully saturated rings. The topological polar surface area (TPSA) is 65.5 Å². The van der Waals surface area contributed by atoms with Crippen LogP contribution in [-0.2, 0) is 6.18 Å². The number of hydrogen-bond acceptors (Lipinski definition) is 4. The first-order valence-corrected chi connectivity index (χ1v) is 7.75. The predicted octanol–water partition coefficient (Wildman–Crippen LogP) is 3.03. The standard InChI is InChI=1S/C13H20F3N3O2S/c1-4-9(11-18-10(7-22-11)13(14,15)16)17-12(21)19(3)6-5-8(2)20/h7-9,20H,4-6H2,1-3H3,(H,17,21). The van der Waals surface area contributed by atoms with Gasteiger partial charge in [0.25, 0.3) is 0 Å². The van der Waals surface area contributed by atoms with E-state index in [4.69, 9.17) is 0 Å². The minimum atomic E-state index is -4.48. The number of aromatic nitrogens is 1. The van der Waals surface area contributed by atoms with E-state index in [2.05, 4.69) is 10.3 Å². The Bertz CT molecular complexity index is 491. The highest BCUT2D eigenvalue weighted by Gasteiger charge is 2.34. The average Bonchev–Trinajstić information content (AvgIpc) is 2.91. The van der Waals surface area contributed by atoms with Crippen molar-refractivity contribution in [1.82, 2.24) is 15.2 Å². The highest BCUT2D eigenvalue weighted by atomic mass is 32.1. The maximum absolute atomic E-state index is 12.6. The number of alkyl halides is 3. The fraction of sp³-hybridized carbons (Fsp3) is 0.692. The Labute approximate surface area is 131 Å². The molecule has 0 aliphatic rings. The van der Waals surface area contributed by atoms with Crippen molar-refractivity contribution >= 4 is 17.4 Å². The molecule has 0 bridgehead atoms. The molecule has 2 N–H and O–H groups in total. The Hall–Kier alpha value is -1.35. The zero-order valence-corrected chi connectivity index (χ0v) is 13.5. The van der Waals surface area contributed by atoms with E-state index >= 15 is 0 Å². The number of nitrogens with zero attached hydrogens (tertiary/aromatic N) is 2. The lowest BCUT2D eigenvalue weighted by molar-refractivity contribution is -0.140. The summed E-state index contributed by atoms with van der Waals surface area (Å²) in [4.78, 5) is 16.9. The number of aliphatic hydroxyl groups excluding tert-OH is 1. The van der Waals surface area contributed by atoms with Crippen LogP contribution >= 0.6 is 11.3 Å². The van der Waals surface area contributed by atoms with Gasteiger partial charge in [0.15, 0.2) is 5.69 Å². The lowest BCUT2D eigenvalue weighted by atomic mass is 10.2. The molecule has 0 aromatic carbocycles. The number of carbonyl (C=O) groups is 1. The summed E-state index contributed by atoms with van der Waals surface area (Å²) in [5, 5.41) is 13.0. The molecule has 126 valence electrons. The highest BCUT2D eigenvalue weighted by Crippen LogP contribution is 2.32. The number of aliphatic hydroxyl groups is 1. The number of hydrogen-bond donors (Lipinski definition) is 2. The van der Waals surface area contributed by atoms with Crippen LogP contribution in [0.25, 0.3) is 0 Å². The lowest BCUT2D eigenvalue weighted by Gasteiger charge is -2.22. The molecule has 22 heavy (non-hydrogen) atoms. The van der Waals surface area contributed by atoms with E-state index in [0.29, 0.717) is 19.4 Å². The van der Waals surface area contributed by atoms with Gasteiger partial charge in [-0.05, 0) is 19.8 Å². The molecule has 0 aliphatic carbocycles. The molecule has 1 heterocycles. The molecule has 2 amide bonds. The average molecular weight is 339 g/mol. The van der Waals surface area contributed by atoms with Crippen molar-refractivity contribution in [3.05, 3.63) is 16.1 Å². The van der Waals surface area contributed by atoms with E-state index in [0.717, 1.165) is 16.7 Å². The Kier molecular flexibility index (Phi) is 6.61. The molecule has 1 aromatic rings. The maximum atomic E-state index is 12.6. The Balaban J connectivity index is 2.68. The number of urea groups is 1. The summed E-state index contributed by atoms with van der Waals surface area (Å²) in [6.45, 7) is 3.73. The smallest absolute Gasteiger partial charge is 0.393 e. The molecule has 0 radical (unpaired) electrons. The van der Waals surface area contributed by atoms with Gasteiger partial charge < -0.3 is 15.3 Å². The third-order valence-electron chi connectivity index (χ3n) is 3.05. The molecule has 2 atom stereocenters. The van der Waals surface area contributed by atoms with Crippen molar-refractivity contribution in [2.75, 3.05) is 13.6 Å². The van der Waals surface area contributed by atoms with Crippen LogP contribution in [0.1, 0.15) is 43.4 Å². The molecular formula is C13H20F3N3O2S. The Morgan fingerprint density at radius 1 is 1.55 bits per heavy atom. The summed E-state index contributed by atoms with van der Waals surface area (Å²) in [5.74, 6) is 0. The largest absolute Gasteiger partial charge is 0.434 e. The lowest BCUT2D eigenvalue weighted by Crippen LogP contribution is -2.40. The van der Waals surface area contributed by atoms with Crippen LogP contribution in [0.2, 0.25) is 0 Å². The molecule has 0 spiro atoms. The van der Waals surface area contributed by atoms with Gasteiger partial charge in [0.05, 0.1) is 12.1 Å². The second-order valence-electron chi connectivity index (χ2n) is 5.04. The zero-order chi connectivity index (χ0) is 16.9. The van der Waals surface area contributed by atoms with Crippen LogP contribution in [0.3, 0.4) is 0 Å². The predicted molar refractivity (Wildman–Crippen MR) is 77.6 cm³/mol. The fourth-order valence-corrected chi connectivity index (χ4v) is 2.62. The third-order valence-corrected chi connectivity index (χ3v) is 4.00. The fourth-order valence-electron chi connectivity index (χ4n) is 1.66. The molecule has 1 rings (SSSR count). The first-order valence-electron chi connectivity index (χ1n) is 6.87. The van der Waals surface area contributed by atoms with E-state index in [1.807, 2.05) is 0 Å². The molecule has 2 unspecified atom stereocenters. The number of thiazole rings is 1. The number of halogens is 3. The quantitative estimate of drug-likeness (QED) is 0.837.